The van der Waals surface area contributed by atoms with Crippen LogP contribution in [0.1, 0.15) is 39.2 Å². The number of carbonyl (C=O) groups excluding carboxylic acids is 1. The fourth-order valence-corrected chi connectivity index (χ4v) is 3.80. The molecule has 5 nitrogen and oxygen atoms in total. The topological polar surface area (TPSA) is 59.5 Å². The van der Waals surface area contributed by atoms with Crippen molar-refractivity contribution in [1.29, 1.82) is 0 Å². The molecule has 0 N–H and O–H groups in total. The van der Waals surface area contributed by atoms with Gasteiger partial charge in [0.1, 0.15) is 17.1 Å². The van der Waals surface area contributed by atoms with Gasteiger partial charge in [-0.3, -0.25) is 4.79 Å². The molecule has 1 aliphatic heterocycles. The first-order valence-corrected chi connectivity index (χ1v) is 8.09. The van der Waals surface area contributed by atoms with E-state index in [-0.39, 0.29) is 5.91 Å². The fraction of sp³-hybridized carbons (Fsp3) is 0.467. The van der Waals surface area contributed by atoms with Crippen LogP contribution in [0, 0.1) is 13.8 Å². The molecule has 0 saturated carbocycles. The van der Waals surface area contributed by atoms with Crippen LogP contribution in [0.15, 0.2) is 27.3 Å². The highest BCUT2D eigenvalue weighted by atomic mass is 32.2. The average molecular weight is 306 g/mol. The summed E-state index contributed by atoms with van der Waals surface area (Å²) in [6.45, 7) is 5.06. The summed E-state index contributed by atoms with van der Waals surface area (Å²) in [5, 5.41) is 4.19. The van der Waals surface area contributed by atoms with Gasteiger partial charge in [-0.1, -0.05) is 5.16 Å². The Morgan fingerprint density at radius 1 is 1.43 bits per heavy atom. The molecule has 21 heavy (non-hydrogen) atoms. The lowest BCUT2D eigenvalue weighted by Crippen LogP contribution is -2.33. The highest BCUT2D eigenvalue weighted by Gasteiger charge is 2.27. The van der Waals surface area contributed by atoms with Crippen LogP contribution in [0.2, 0.25) is 0 Å². The van der Waals surface area contributed by atoms with E-state index in [0.29, 0.717) is 22.3 Å². The number of amides is 1. The quantitative estimate of drug-likeness (QED) is 0.852. The van der Waals surface area contributed by atoms with Gasteiger partial charge in [-0.15, -0.1) is 11.8 Å². The molecule has 1 saturated heterocycles. The largest absolute Gasteiger partial charge is 0.468 e. The minimum atomic E-state index is 0.0203. The summed E-state index contributed by atoms with van der Waals surface area (Å²) in [5.74, 6) is 2.51. The minimum absolute atomic E-state index is 0.0203. The SMILES string of the molecule is Cc1noc(C)c1C(=O)N1CCSC(c2ccco2)CC1. The zero-order chi connectivity index (χ0) is 14.8. The second kappa shape index (κ2) is 5.97. The van der Waals surface area contributed by atoms with E-state index in [1.807, 2.05) is 35.7 Å². The van der Waals surface area contributed by atoms with Gasteiger partial charge in [0.05, 0.1) is 17.2 Å². The molecule has 0 aliphatic carbocycles. The van der Waals surface area contributed by atoms with E-state index in [1.165, 1.54) is 0 Å². The number of carbonyl (C=O) groups is 1. The molecule has 0 spiro atoms. The van der Waals surface area contributed by atoms with Crippen LogP contribution in [-0.4, -0.2) is 34.8 Å². The summed E-state index contributed by atoms with van der Waals surface area (Å²) in [4.78, 5) is 14.5. The van der Waals surface area contributed by atoms with Gasteiger partial charge in [0, 0.05) is 18.8 Å². The number of aromatic nitrogens is 1. The second-order valence-electron chi connectivity index (χ2n) is 5.15. The molecule has 2 aromatic rings. The summed E-state index contributed by atoms with van der Waals surface area (Å²) in [6, 6.07) is 3.91. The van der Waals surface area contributed by atoms with Crippen LogP contribution >= 0.6 is 11.8 Å². The van der Waals surface area contributed by atoms with Gasteiger partial charge in [0.15, 0.2) is 0 Å². The van der Waals surface area contributed by atoms with Gasteiger partial charge in [-0.25, -0.2) is 0 Å². The van der Waals surface area contributed by atoms with Crippen molar-refractivity contribution < 1.29 is 13.7 Å². The zero-order valence-electron chi connectivity index (χ0n) is 12.2. The van der Waals surface area contributed by atoms with Crippen molar-refractivity contribution >= 4 is 17.7 Å². The van der Waals surface area contributed by atoms with E-state index in [2.05, 4.69) is 5.16 Å². The van der Waals surface area contributed by atoms with E-state index in [1.54, 1.807) is 13.2 Å². The summed E-state index contributed by atoms with van der Waals surface area (Å²) >= 11 is 1.84. The fourth-order valence-electron chi connectivity index (χ4n) is 2.62. The lowest BCUT2D eigenvalue weighted by Gasteiger charge is -2.19. The molecule has 1 aliphatic rings. The second-order valence-corrected chi connectivity index (χ2v) is 6.47. The van der Waals surface area contributed by atoms with Crippen LogP contribution in [0.25, 0.3) is 0 Å². The molecule has 0 aromatic carbocycles. The van der Waals surface area contributed by atoms with Gasteiger partial charge < -0.3 is 13.8 Å². The summed E-state index contributed by atoms with van der Waals surface area (Å²) in [7, 11) is 0. The Kier molecular flexibility index (Phi) is 4.05. The standard InChI is InChI=1S/C15H18N2O3S/c1-10-14(11(2)20-16-10)15(18)17-6-5-13(21-9-7-17)12-4-3-8-19-12/h3-4,8,13H,5-7,9H2,1-2H3. The maximum atomic E-state index is 12.6. The third kappa shape index (κ3) is 2.85. The number of furan rings is 1. The van der Waals surface area contributed by atoms with E-state index >= 15 is 0 Å². The number of nitrogens with zero attached hydrogens (tertiary/aromatic N) is 2. The predicted molar refractivity (Wildman–Crippen MR) is 80.4 cm³/mol. The molecule has 3 heterocycles. The van der Waals surface area contributed by atoms with Gasteiger partial charge in [0.25, 0.3) is 5.91 Å². The third-order valence-electron chi connectivity index (χ3n) is 3.74. The van der Waals surface area contributed by atoms with Crippen molar-refractivity contribution in [3.8, 4) is 0 Å². The van der Waals surface area contributed by atoms with Crippen LogP contribution in [0.4, 0.5) is 0 Å². The molecule has 0 radical (unpaired) electrons. The van der Waals surface area contributed by atoms with Crippen LogP contribution < -0.4 is 0 Å². The van der Waals surface area contributed by atoms with Crippen molar-refractivity contribution in [3.63, 3.8) is 0 Å². The molecule has 112 valence electrons. The number of aryl methyl sites for hydroxylation is 2. The zero-order valence-corrected chi connectivity index (χ0v) is 13.0. The molecule has 2 aromatic heterocycles. The van der Waals surface area contributed by atoms with E-state index in [4.69, 9.17) is 8.94 Å². The number of rotatable bonds is 2. The van der Waals surface area contributed by atoms with Crippen molar-refractivity contribution in [1.82, 2.24) is 10.1 Å². The molecule has 3 rings (SSSR count). The first-order chi connectivity index (χ1) is 10.2. The molecule has 6 heteroatoms. The maximum absolute atomic E-state index is 12.6. The van der Waals surface area contributed by atoms with Crippen LogP contribution in [0.5, 0.6) is 0 Å². The smallest absolute Gasteiger partial charge is 0.259 e. The highest BCUT2D eigenvalue weighted by Crippen LogP contribution is 2.34. The Balaban J connectivity index is 1.72. The van der Waals surface area contributed by atoms with Crippen molar-refractivity contribution in [2.45, 2.75) is 25.5 Å². The Bertz CT molecular complexity index is 601. The van der Waals surface area contributed by atoms with Crippen molar-refractivity contribution in [3.05, 3.63) is 41.2 Å². The first kappa shape index (κ1) is 14.3. The lowest BCUT2D eigenvalue weighted by molar-refractivity contribution is 0.0763. The van der Waals surface area contributed by atoms with E-state index in [0.717, 1.165) is 31.0 Å². The predicted octanol–water partition coefficient (Wildman–Crippen LogP) is 3.20. The molecule has 0 bridgehead atoms. The maximum Gasteiger partial charge on any atom is 0.259 e. The van der Waals surface area contributed by atoms with Gasteiger partial charge in [-0.05, 0) is 32.4 Å². The van der Waals surface area contributed by atoms with Gasteiger partial charge in [-0.2, -0.15) is 0 Å². The van der Waals surface area contributed by atoms with Gasteiger partial charge >= 0.3 is 0 Å². The number of hydrogen-bond donors (Lipinski definition) is 0. The normalized spacial score (nSPS) is 19.5. The van der Waals surface area contributed by atoms with Crippen molar-refractivity contribution in [2.24, 2.45) is 0 Å². The summed E-state index contributed by atoms with van der Waals surface area (Å²) in [5.41, 5.74) is 1.27. The monoisotopic (exact) mass is 306 g/mol. The number of thioether (sulfide) groups is 1. The Hall–Kier alpha value is -1.69. The summed E-state index contributed by atoms with van der Waals surface area (Å²) in [6.07, 6.45) is 2.60. The Morgan fingerprint density at radius 3 is 2.95 bits per heavy atom. The minimum Gasteiger partial charge on any atom is -0.468 e. The van der Waals surface area contributed by atoms with Crippen LogP contribution in [0.3, 0.4) is 0 Å². The molecule has 1 unspecified atom stereocenters. The Morgan fingerprint density at radius 2 is 2.29 bits per heavy atom. The molecular weight excluding hydrogens is 288 g/mol. The molecule has 1 amide bonds. The molecule has 1 atom stereocenters. The van der Waals surface area contributed by atoms with E-state index < -0.39 is 0 Å². The van der Waals surface area contributed by atoms with E-state index in [9.17, 15) is 4.79 Å². The first-order valence-electron chi connectivity index (χ1n) is 7.04. The Labute approximate surface area is 127 Å². The van der Waals surface area contributed by atoms with Gasteiger partial charge in [0.2, 0.25) is 0 Å². The van der Waals surface area contributed by atoms with Crippen molar-refractivity contribution in [2.75, 3.05) is 18.8 Å². The summed E-state index contributed by atoms with van der Waals surface area (Å²) < 4.78 is 10.6. The average Bonchev–Trinajstić information content (AvgIpc) is 3.03. The molecular formula is C15H18N2O3S. The third-order valence-corrected chi connectivity index (χ3v) is 5.03. The lowest BCUT2D eigenvalue weighted by atomic mass is 10.1. The number of hydrogen-bond acceptors (Lipinski definition) is 5. The molecule has 1 fully saturated rings. The van der Waals surface area contributed by atoms with Crippen LogP contribution in [-0.2, 0) is 0 Å². The highest BCUT2D eigenvalue weighted by molar-refractivity contribution is 7.99.